The Morgan fingerprint density at radius 1 is 1.44 bits per heavy atom. The van der Waals surface area contributed by atoms with Crippen molar-refractivity contribution in [1.82, 2.24) is 5.32 Å². The second-order valence-corrected chi connectivity index (χ2v) is 4.73. The predicted octanol–water partition coefficient (Wildman–Crippen LogP) is 2.52. The Hall–Kier alpha value is -1.17. The van der Waals surface area contributed by atoms with Crippen LogP contribution >= 0.6 is 11.6 Å². The minimum Gasteiger partial charge on any atom is -0.381 e. The molecule has 0 bridgehead atoms. The van der Waals surface area contributed by atoms with Gasteiger partial charge in [0.25, 0.3) is 5.69 Å². The number of hydrogen-bond donors (Lipinski definition) is 1. The third-order valence-corrected chi connectivity index (χ3v) is 3.28. The molecule has 0 aliphatic carbocycles. The van der Waals surface area contributed by atoms with Crippen LogP contribution in [0.2, 0.25) is 5.02 Å². The minimum atomic E-state index is -0.378. The van der Waals surface area contributed by atoms with Crippen molar-refractivity contribution in [2.75, 3.05) is 13.2 Å². The van der Waals surface area contributed by atoms with E-state index < -0.39 is 0 Å². The highest BCUT2D eigenvalue weighted by Gasteiger charge is 2.17. The Kier molecular flexibility index (Phi) is 4.52. The summed E-state index contributed by atoms with van der Waals surface area (Å²) in [7, 11) is 0. The molecule has 1 aromatic carbocycles. The lowest BCUT2D eigenvalue weighted by Gasteiger charge is -2.23. The molecule has 0 atom stereocenters. The third kappa shape index (κ3) is 3.41. The minimum absolute atomic E-state index is 0.110. The highest BCUT2D eigenvalue weighted by molar-refractivity contribution is 6.30. The van der Waals surface area contributed by atoms with Crippen molar-refractivity contribution in [2.24, 2.45) is 0 Å². The normalized spacial score (nSPS) is 16.7. The van der Waals surface area contributed by atoms with Crippen LogP contribution in [-0.4, -0.2) is 24.2 Å². The first-order valence-electron chi connectivity index (χ1n) is 5.91. The predicted molar refractivity (Wildman–Crippen MR) is 68.8 cm³/mol. The second-order valence-electron chi connectivity index (χ2n) is 4.30. The summed E-state index contributed by atoms with van der Waals surface area (Å²) in [6.07, 6.45) is 1.88. The molecule has 6 heteroatoms. The number of nitro groups is 1. The van der Waals surface area contributed by atoms with Crippen LogP contribution in [0.4, 0.5) is 5.69 Å². The molecule has 1 aromatic rings. The van der Waals surface area contributed by atoms with Gasteiger partial charge in [0.1, 0.15) is 0 Å². The van der Waals surface area contributed by atoms with Gasteiger partial charge in [-0.15, -0.1) is 0 Å². The first kappa shape index (κ1) is 13.3. The number of nitro benzene ring substituents is 1. The molecule has 1 aliphatic rings. The van der Waals surface area contributed by atoms with Gasteiger partial charge >= 0.3 is 0 Å². The summed E-state index contributed by atoms with van der Waals surface area (Å²) in [5.74, 6) is 0. The number of nitrogens with one attached hydrogen (secondary N) is 1. The summed E-state index contributed by atoms with van der Waals surface area (Å²) in [6.45, 7) is 1.95. The molecule has 18 heavy (non-hydrogen) atoms. The van der Waals surface area contributed by atoms with Crippen LogP contribution in [-0.2, 0) is 11.3 Å². The van der Waals surface area contributed by atoms with E-state index in [1.54, 1.807) is 6.07 Å². The van der Waals surface area contributed by atoms with Gasteiger partial charge in [0, 0.05) is 42.5 Å². The van der Waals surface area contributed by atoms with Gasteiger partial charge in [-0.25, -0.2) is 0 Å². The van der Waals surface area contributed by atoms with E-state index in [4.69, 9.17) is 16.3 Å². The Labute approximate surface area is 110 Å². The molecule has 0 aromatic heterocycles. The van der Waals surface area contributed by atoms with Crippen LogP contribution in [0.3, 0.4) is 0 Å². The molecule has 98 valence electrons. The van der Waals surface area contributed by atoms with Crippen LogP contribution in [0, 0.1) is 10.1 Å². The fourth-order valence-corrected chi connectivity index (χ4v) is 2.22. The number of nitrogens with zero attached hydrogens (tertiary/aromatic N) is 1. The van der Waals surface area contributed by atoms with Crippen molar-refractivity contribution in [3.05, 3.63) is 38.9 Å². The smallest absolute Gasteiger partial charge is 0.273 e. The molecule has 0 unspecified atom stereocenters. The molecule has 0 saturated carbocycles. The maximum absolute atomic E-state index is 10.9. The van der Waals surface area contributed by atoms with E-state index >= 15 is 0 Å². The van der Waals surface area contributed by atoms with Crippen molar-refractivity contribution in [3.63, 3.8) is 0 Å². The van der Waals surface area contributed by atoms with Crippen LogP contribution in [0.25, 0.3) is 0 Å². The Bertz CT molecular complexity index is 433. The highest BCUT2D eigenvalue weighted by atomic mass is 35.5. The first-order chi connectivity index (χ1) is 8.66. The zero-order valence-corrected chi connectivity index (χ0v) is 10.7. The number of halogens is 1. The van der Waals surface area contributed by atoms with E-state index in [0.717, 1.165) is 26.1 Å². The number of ether oxygens (including phenoxy) is 1. The molecule has 0 amide bonds. The summed E-state index contributed by atoms with van der Waals surface area (Å²) < 4.78 is 5.26. The maximum atomic E-state index is 10.9. The zero-order chi connectivity index (χ0) is 13.0. The summed E-state index contributed by atoms with van der Waals surface area (Å²) >= 11 is 5.87. The quantitative estimate of drug-likeness (QED) is 0.674. The van der Waals surface area contributed by atoms with Gasteiger partial charge in [0.2, 0.25) is 0 Å². The molecule has 1 aliphatic heterocycles. The largest absolute Gasteiger partial charge is 0.381 e. The van der Waals surface area contributed by atoms with Crippen LogP contribution in [0.5, 0.6) is 0 Å². The van der Waals surface area contributed by atoms with E-state index in [0.29, 0.717) is 23.2 Å². The molecule has 1 N–H and O–H groups in total. The lowest BCUT2D eigenvalue weighted by molar-refractivity contribution is -0.385. The van der Waals surface area contributed by atoms with Crippen molar-refractivity contribution < 1.29 is 9.66 Å². The average molecular weight is 271 g/mol. The molecular formula is C12H15ClN2O3. The topological polar surface area (TPSA) is 64.4 Å². The SMILES string of the molecule is O=[N+]([O-])c1ccc(Cl)cc1CNC1CCOCC1. The van der Waals surface area contributed by atoms with Gasteiger partial charge in [-0.3, -0.25) is 10.1 Å². The van der Waals surface area contributed by atoms with E-state index in [2.05, 4.69) is 5.32 Å². The third-order valence-electron chi connectivity index (χ3n) is 3.04. The lowest BCUT2D eigenvalue weighted by Crippen LogP contribution is -2.34. The van der Waals surface area contributed by atoms with Gasteiger partial charge in [-0.1, -0.05) is 11.6 Å². The molecule has 1 fully saturated rings. The lowest BCUT2D eigenvalue weighted by atomic mass is 10.1. The number of hydrogen-bond acceptors (Lipinski definition) is 4. The molecule has 2 rings (SSSR count). The Morgan fingerprint density at radius 2 is 2.17 bits per heavy atom. The van der Waals surface area contributed by atoms with E-state index in [1.165, 1.54) is 12.1 Å². The van der Waals surface area contributed by atoms with Crippen LogP contribution in [0.15, 0.2) is 18.2 Å². The van der Waals surface area contributed by atoms with E-state index in [-0.39, 0.29) is 10.6 Å². The van der Waals surface area contributed by atoms with Gasteiger partial charge < -0.3 is 10.1 Å². The van der Waals surface area contributed by atoms with Gasteiger partial charge in [-0.05, 0) is 25.0 Å². The Balaban J connectivity index is 2.03. The summed E-state index contributed by atoms with van der Waals surface area (Å²) in [4.78, 5) is 10.5. The Morgan fingerprint density at radius 3 is 2.83 bits per heavy atom. The highest BCUT2D eigenvalue weighted by Crippen LogP contribution is 2.23. The number of rotatable bonds is 4. The van der Waals surface area contributed by atoms with Crippen molar-refractivity contribution in [1.29, 1.82) is 0 Å². The average Bonchev–Trinajstić information content (AvgIpc) is 2.37. The van der Waals surface area contributed by atoms with Crippen molar-refractivity contribution in [3.8, 4) is 0 Å². The van der Waals surface area contributed by atoms with E-state index in [9.17, 15) is 10.1 Å². The maximum Gasteiger partial charge on any atom is 0.273 e. The summed E-state index contributed by atoms with van der Waals surface area (Å²) in [6, 6.07) is 4.99. The van der Waals surface area contributed by atoms with Crippen molar-refractivity contribution in [2.45, 2.75) is 25.4 Å². The molecule has 0 spiro atoms. The monoisotopic (exact) mass is 270 g/mol. The molecule has 0 radical (unpaired) electrons. The molecule has 1 heterocycles. The van der Waals surface area contributed by atoms with Gasteiger partial charge in [-0.2, -0.15) is 0 Å². The summed E-state index contributed by atoms with van der Waals surface area (Å²) in [5, 5.41) is 14.7. The van der Waals surface area contributed by atoms with Gasteiger partial charge in [0.15, 0.2) is 0 Å². The second kappa shape index (κ2) is 6.13. The molecule has 1 saturated heterocycles. The molecular weight excluding hydrogens is 256 g/mol. The summed E-state index contributed by atoms with van der Waals surface area (Å²) in [5.41, 5.74) is 0.734. The molecule has 5 nitrogen and oxygen atoms in total. The van der Waals surface area contributed by atoms with Crippen LogP contribution < -0.4 is 5.32 Å². The first-order valence-corrected chi connectivity index (χ1v) is 6.28. The standard InChI is InChI=1S/C12H15ClN2O3/c13-10-1-2-12(15(16)17)9(7-10)8-14-11-3-5-18-6-4-11/h1-2,7,11,14H,3-6,8H2. The fraction of sp³-hybridized carbons (Fsp3) is 0.500. The fourth-order valence-electron chi connectivity index (χ4n) is 2.03. The number of benzene rings is 1. The van der Waals surface area contributed by atoms with Gasteiger partial charge in [0.05, 0.1) is 4.92 Å². The van der Waals surface area contributed by atoms with Crippen LogP contribution in [0.1, 0.15) is 18.4 Å². The van der Waals surface area contributed by atoms with E-state index in [1.807, 2.05) is 0 Å². The zero-order valence-electron chi connectivity index (χ0n) is 9.89. The van der Waals surface area contributed by atoms with Crippen molar-refractivity contribution >= 4 is 17.3 Å².